The Bertz CT molecular complexity index is 1140. The number of nitrogens with zero attached hydrogens (tertiary/aromatic N) is 2. The molecule has 32 heavy (non-hydrogen) atoms. The van der Waals surface area contributed by atoms with Crippen LogP contribution in [0.15, 0.2) is 72.9 Å². The Balaban J connectivity index is 1.53. The van der Waals surface area contributed by atoms with Crippen LogP contribution in [0.5, 0.6) is 0 Å². The van der Waals surface area contributed by atoms with Gasteiger partial charge in [0.1, 0.15) is 0 Å². The fraction of sp³-hybridized carbons (Fsp3) is 0.208. The van der Waals surface area contributed by atoms with E-state index in [0.717, 1.165) is 4.90 Å². The van der Waals surface area contributed by atoms with Crippen molar-refractivity contribution in [2.45, 2.75) is 12.3 Å². The Morgan fingerprint density at radius 1 is 1.06 bits per heavy atom. The Morgan fingerprint density at radius 2 is 1.88 bits per heavy atom. The highest BCUT2D eigenvalue weighted by atomic mass is 35.5. The Morgan fingerprint density at radius 3 is 2.62 bits per heavy atom. The van der Waals surface area contributed by atoms with E-state index in [1.807, 2.05) is 6.07 Å². The molecule has 1 N–H and O–H groups in total. The number of pyridine rings is 1. The van der Waals surface area contributed by atoms with Crippen LogP contribution >= 0.6 is 11.6 Å². The van der Waals surface area contributed by atoms with Gasteiger partial charge in [-0.05, 0) is 42.5 Å². The van der Waals surface area contributed by atoms with Gasteiger partial charge in [0, 0.05) is 41.0 Å². The molecule has 0 saturated carbocycles. The number of likely N-dealkylation sites (tertiary alicyclic amines) is 1. The SMILES string of the molecule is O=C(Nc1cccc(Cl)c1)C1CN(C(=O)c2cccc(-c3ccccn3)c2)CC(F)(F)C1. The van der Waals surface area contributed by atoms with E-state index in [1.165, 1.54) is 6.07 Å². The molecule has 2 amide bonds. The molecule has 1 saturated heterocycles. The minimum absolute atomic E-state index is 0.103. The van der Waals surface area contributed by atoms with Crippen molar-refractivity contribution in [3.63, 3.8) is 0 Å². The first-order chi connectivity index (χ1) is 15.3. The maximum atomic E-state index is 14.5. The number of nitrogens with one attached hydrogen (secondary N) is 1. The maximum Gasteiger partial charge on any atom is 0.266 e. The van der Waals surface area contributed by atoms with Gasteiger partial charge >= 0.3 is 0 Å². The number of benzene rings is 2. The third kappa shape index (κ3) is 5.11. The molecule has 1 aromatic heterocycles. The van der Waals surface area contributed by atoms with Crippen molar-refractivity contribution in [2.75, 3.05) is 18.4 Å². The van der Waals surface area contributed by atoms with Gasteiger partial charge < -0.3 is 10.2 Å². The first kappa shape index (κ1) is 21.9. The predicted octanol–water partition coefficient (Wildman–Crippen LogP) is 5.14. The summed E-state index contributed by atoms with van der Waals surface area (Å²) in [4.78, 5) is 31.0. The number of piperidine rings is 1. The van der Waals surface area contributed by atoms with Crippen LogP contribution in [0.1, 0.15) is 16.8 Å². The molecule has 0 radical (unpaired) electrons. The number of halogens is 3. The quantitative estimate of drug-likeness (QED) is 0.592. The van der Waals surface area contributed by atoms with Gasteiger partial charge in [0.2, 0.25) is 5.91 Å². The predicted molar refractivity (Wildman–Crippen MR) is 119 cm³/mol. The van der Waals surface area contributed by atoms with Gasteiger partial charge in [-0.3, -0.25) is 14.6 Å². The smallest absolute Gasteiger partial charge is 0.266 e. The van der Waals surface area contributed by atoms with Crippen LogP contribution in [0.3, 0.4) is 0 Å². The topological polar surface area (TPSA) is 62.3 Å². The fourth-order valence-corrected chi connectivity index (χ4v) is 3.96. The number of anilines is 1. The molecule has 1 fully saturated rings. The van der Waals surface area contributed by atoms with E-state index in [0.29, 0.717) is 22.0 Å². The molecular weight excluding hydrogens is 436 g/mol. The molecule has 0 bridgehead atoms. The average Bonchev–Trinajstić information content (AvgIpc) is 2.78. The number of carbonyl (C=O) groups excluding carboxylic acids is 2. The van der Waals surface area contributed by atoms with Crippen molar-refractivity contribution in [2.24, 2.45) is 5.92 Å². The largest absolute Gasteiger partial charge is 0.332 e. The highest BCUT2D eigenvalue weighted by Crippen LogP contribution is 2.32. The molecule has 1 atom stereocenters. The molecule has 1 unspecified atom stereocenters. The lowest BCUT2D eigenvalue weighted by Gasteiger charge is -2.37. The summed E-state index contributed by atoms with van der Waals surface area (Å²) in [6, 6.07) is 18.5. The lowest BCUT2D eigenvalue weighted by Crippen LogP contribution is -2.52. The number of alkyl halides is 2. The van der Waals surface area contributed by atoms with Crippen LogP contribution in [-0.2, 0) is 4.79 Å². The van der Waals surface area contributed by atoms with Gasteiger partial charge in [-0.2, -0.15) is 0 Å². The van der Waals surface area contributed by atoms with E-state index in [-0.39, 0.29) is 12.1 Å². The molecule has 8 heteroatoms. The minimum atomic E-state index is -3.18. The highest BCUT2D eigenvalue weighted by molar-refractivity contribution is 6.30. The second-order valence-corrected chi connectivity index (χ2v) is 8.17. The summed E-state index contributed by atoms with van der Waals surface area (Å²) >= 11 is 5.92. The summed E-state index contributed by atoms with van der Waals surface area (Å²) in [6.07, 6.45) is 1.01. The monoisotopic (exact) mass is 455 g/mol. The van der Waals surface area contributed by atoms with Crippen LogP contribution in [0.4, 0.5) is 14.5 Å². The lowest BCUT2D eigenvalue weighted by molar-refractivity contribution is -0.130. The molecule has 5 nitrogen and oxygen atoms in total. The molecule has 2 aromatic carbocycles. The van der Waals surface area contributed by atoms with Crippen LogP contribution in [0.2, 0.25) is 5.02 Å². The minimum Gasteiger partial charge on any atom is -0.332 e. The Kier molecular flexibility index (Phi) is 6.19. The molecular formula is C24H20ClF2N3O2. The zero-order valence-electron chi connectivity index (χ0n) is 17.0. The van der Waals surface area contributed by atoms with Gasteiger partial charge in [0.05, 0.1) is 18.2 Å². The zero-order chi connectivity index (χ0) is 22.7. The van der Waals surface area contributed by atoms with Crippen molar-refractivity contribution >= 4 is 29.1 Å². The number of amides is 2. The molecule has 4 rings (SSSR count). The van der Waals surface area contributed by atoms with E-state index in [9.17, 15) is 18.4 Å². The summed E-state index contributed by atoms with van der Waals surface area (Å²) in [6.45, 7) is -0.838. The van der Waals surface area contributed by atoms with E-state index < -0.39 is 36.6 Å². The number of aromatic nitrogens is 1. The van der Waals surface area contributed by atoms with Gasteiger partial charge in [-0.15, -0.1) is 0 Å². The second kappa shape index (κ2) is 9.04. The Hall–Kier alpha value is -3.32. The van der Waals surface area contributed by atoms with Gasteiger partial charge in [0.15, 0.2) is 0 Å². The van der Waals surface area contributed by atoms with E-state index in [1.54, 1.807) is 60.8 Å². The second-order valence-electron chi connectivity index (χ2n) is 7.74. The van der Waals surface area contributed by atoms with Gasteiger partial charge in [-0.1, -0.05) is 35.9 Å². The summed E-state index contributed by atoms with van der Waals surface area (Å²) in [7, 11) is 0. The van der Waals surface area contributed by atoms with Crippen molar-refractivity contribution in [3.05, 3.63) is 83.5 Å². The van der Waals surface area contributed by atoms with E-state index in [4.69, 9.17) is 11.6 Å². The standard InChI is InChI=1S/C24H20ClF2N3O2/c25-19-7-4-8-20(12-19)29-22(31)18-13-24(26,27)15-30(14-18)23(32)17-6-3-5-16(11-17)21-9-1-2-10-28-21/h1-12,18H,13-15H2,(H,29,31). The van der Waals surface area contributed by atoms with Crippen molar-refractivity contribution in [1.82, 2.24) is 9.88 Å². The zero-order valence-corrected chi connectivity index (χ0v) is 17.7. The molecule has 1 aliphatic rings. The fourth-order valence-electron chi connectivity index (χ4n) is 3.77. The van der Waals surface area contributed by atoms with Crippen molar-refractivity contribution in [3.8, 4) is 11.3 Å². The van der Waals surface area contributed by atoms with Crippen LogP contribution in [0, 0.1) is 5.92 Å². The maximum absolute atomic E-state index is 14.5. The van der Waals surface area contributed by atoms with Gasteiger partial charge in [0.25, 0.3) is 11.8 Å². The van der Waals surface area contributed by atoms with Crippen molar-refractivity contribution < 1.29 is 18.4 Å². The van der Waals surface area contributed by atoms with E-state index >= 15 is 0 Å². The molecule has 164 valence electrons. The van der Waals surface area contributed by atoms with Crippen LogP contribution in [-0.4, -0.2) is 40.7 Å². The summed E-state index contributed by atoms with van der Waals surface area (Å²) in [5.74, 6) is -5.36. The molecule has 1 aliphatic heterocycles. The first-order valence-corrected chi connectivity index (χ1v) is 10.4. The van der Waals surface area contributed by atoms with Crippen LogP contribution in [0.25, 0.3) is 11.3 Å². The van der Waals surface area contributed by atoms with Gasteiger partial charge in [-0.25, -0.2) is 8.78 Å². The summed E-state index contributed by atoms with van der Waals surface area (Å²) in [5.41, 5.74) is 2.05. The normalized spacial score (nSPS) is 17.6. The lowest BCUT2D eigenvalue weighted by atomic mass is 9.93. The van der Waals surface area contributed by atoms with E-state index in [2.05, 4.69) is 10.3 Å². The highest BCUT2D eigenvalue weighted by Gasteiger charge is 2.44. The summed E-state index contributed by atoms with van der Waals surface area (Å²) in [5, 5.41) is 3.04. The van der Waals surface area contributed by atoms with Crippen molar-refractivity contribution in [1.29, 1.82) is 0 Å². The number of carbonyl (C=O) groups is 2. The number of hydrogen-bond acceptors (Lipinski definition) is 3. The molecule has 0 spiro atoms. The Labute approximate surface area is 189 Å². The first-order valence-electron chi connectivity index (χ1n) is 10.1. The number of hydrogen-bond donors (Lipinski definition) is 1. The van der Waals surface area contributed by atoms with Crippen LogP contribution < -0.4 is 5.32 Å². The third-order valence-corrected chi connectivity index (χ3v) is 5.46. The molecule has 2 heterocycles. The third-order valence-electron chi connectivity index (χ3n) is 5.23. The molecule has 3 aromatic rings. The number of rotatable bonds is 4. The average molecular weight is 456 g/mol. The summed E-state index contributed by atoms with van der Waals surface area (Å²) < 4.78 is 29.0. The molecule has 0 aliphatic carbocycles.